The lowest BCUT2D eigenvalue weighted by molar-refractivity contribution is -0.160. The molecule has 1 fully saturated rings. The van der Waals surface area contributed by atoms with Crippen molar-refractivity contribution in [1.82, 2.24) is 15.1 Å². The van der Waals surface area contributed by atoms with Crippen LogP contribution in [0.15, 0.2) is 24.3 Å². The molecule has 1 aromatic carbocycles. The van der Waals surface area contributed by atoms with Gasteiger partial charge in [0.05, 0.1) is 11.1 Å². The summed E-state index contributed by atoms with van der Waals surface area (Å²) in [7, 11) is 0. The molecule has 2 aliphatic heterocycles. The molecule has 0 aromatic heterocycles. The van der Waals surface area contributed by atoms with Crippen molar-refractivity contribution < 1.29 is 28.7 Å². The third-order valence-corrected chi connectivity index (χ3v) is 5.15. The molecule has 9 nitrogen and oxygen atoms in total. The van der Waals surface area contributed by atoms with Crippen molar-refractivity contribution >= 4 is 41.5 Å². The maximum atomic E-state index is 12.7. The van der Waals surface area contributed by atoms with Crippen LogP contribution in [0.1, 0.15) is 27.6 Å². The van der Waals surface area contributed by atoms with E-state index in [1.54, 1.807) is 18.4 Å². The molecule has 0 spiro atoms. The minimum Gasteiger partial charge on any atom is -0.451 e. The SMILES string of the molecule is CSC[C@H](C(=O)O[C@H](C)C(=O)N1CCNC1=O)N1C(=O)c2ccccc2C1=O. The summed E-state index contributed by atoms with van der Waals surface area (Å²) < 4.78 is 5.23. The number of carbonyl (C=O) groups excluding carboxylic acids is 5. The van der Waals surface area contributed by atoms with Crippen LogP contribution in [0.2, 0.25) is 0 Å². The number of urea groups is 1. The zero-order valence-corrected chi connectivity index (χ0v) is 16.2. The highest BCUT2D eigenvalue weighted by Crippen LogP contribution is 2.26. The first-order valence-corrected chi connectivity index (χ1v) is 10.0. The summed E-state index contributed by atoms with van der Waals surface area (Å²) in [4.78, 5) is 63.8. The van der Waals surface area contributed by atoms with Crippen LogP contribution in [-0.4, -0.2) is 76.8 Å². The van der Waals surface area contributed by atoms with Gasteiger partial charge in [0.25, 0.3) is 17.7 Å². The number of ether oxygens (including phenoxy) is 1. The molecule has 0 unspecified atom stereocenters. The number of nitrogens with zero attached hydrogens (tertiary/aromatic N) is 2. The van der Waals surface area contributed by atoms with Gasteiger partial charge in [0.1, 0.15) is 6.04 Å². The molecule has 0 bridgehead atoms. The minimum atomic E-state index is -1.23. The van der Waals surface area contributed by atoms with E-state index in [1.165, 1.54) is 30.8 Å². The lowest BCUT2D eigenvalue weighted by atomic mass is 10.1. The topological polar surface area (TPSA) is 113 Å². The molecule has 3 rings (SSSR count). The third kappa shape index (κ3) is 3.47. The van der Waals surface area contributed by atoms with Gasteiger partial charge in [0.15, 0.2) is 6.10 Å². The van der Waals surface area contributed by atoms with Crippen molar-refractivity contribution in [2.24, 2.45) is 0 Å². The van der Waals surface area contributed by atoms with E-state index in [0.29, 0.717) is 6.54 Å². The summed E-state index contributed by atoms with van der Waals surface area (Å²) >= 11 is 1.26. The number of benzene rings is 1. The van der Waals surface area contributed by atoms with Crippen LogP contribution in [0.3, 0.4) is 0 Å². The molecule has 1 N–H and O–H groups in total. The second-order valence-electron chi connectivity index (χ2n) is 6.30. The molecule has 1 aromatic rings. The van der Waals surface area contributed by atoms with Crippen molar-refractivity contribution in [1.29, 1.82) is 0 Å². The average Bonchev–Trinajstić information content (AvgIpc) is 3.21. The Morgan fingerprint density at radius 2 is 1.79 bits per heavy atom. The van der Waals surface area contributed by atoms with Crippen LogP contribution in [-0.2, 0) is 14.3 Å². The van der Waals surface area contributed by atoms with Gasteiger partial charge < -0.3 is 10.1 Å². The number of hydrogen-bond donors (Lipinski definition) is 1. The molecule has 2 aliphatic rings. The van der Waals surface area contributed by atoms with Gasteiger partial charge in [-0.15, -0.1) is 0 Å². The Bertz CT molecular complexity index is 822. The summed E-state index contributed by atoms with van der Waals surface area (Å²) in [5, 5.41) is 2.49. The zero-order valence-electron chi connectivity index (χ0n) is 15.3. The van der Waals surface area contributed by atoms with Gasteiger partial charge >= 0.3 is 12.0 Å². The number of fused-ring (bicyclic) bond motifs is 1. The molecular weight excluding hydrogens is 386 g/mol. The number of rotatable bonds is 6. The highest BCUT2D eigenvalue weighted by molar-refractivity contribution is 7.98. The van der Waals surface area contributed by atoms with E-state index in [9.17, 15) is 24.0 Å². The summed E-state index contributed by atoms with van der Waals surface area (Å²) in [6.07, 6.45) is 0.498. The molecule has 148 valence electrons. The van der Waals surface area contributed by atoms with Gasteiger partial charge in [0, 0.05) is 18.8 Å². The van der Waals surface area contributed by atoms with E-state index in [0.717, 1.165) is 9.80 Å². The summed E-state index contributed by atoms with van der Waals surface area (Å²) in [6, 6.07) is 4.60. The number of imide groups is 2. The summed E-state index contributed by atoms with van der Waals surface area (Å²) in [5.41, 5.74) is 0.452. The first kappa shape index (κ1) is 19.9. The van der Waals surface area contributed by atoms with Crippen molar-refractivity contribution in [3.05, 3.63) is 35.4 Å². The largest absolute Gasteiger partial charge is 0.451 e. The summed E-state index contributed by atoms with van der Waals surface area (Å²) in [5.74, 6) is -2.56. The Kier molecular flexibility index (Phi) is 5.68. The van der Waals surface area contributed by atoms with Gasteiger partial charge in [-0.3, -0.25) is 24.2 Å². The maximum Gasteiger partial charge on any atom is 0.331 e. The van der Waals surface area contributed by atoms with Crippen LogP contribution in [0.5, 0.6) is 0 Å². The number of nitrogens with one attached hydrogen (secondary N) is 1. The second-order valence-corrected chi connectivity index (χ2v) is 7.21. The summed E-state index contributed by atoms with van der Waals surface area (Å²) in [6.45, 7) is 1.87. The van der Waals surface area contributed by atoms with Crippen LogP contribution in [0.4, 0.5) is 4.79 Å². The van der Waals surface area contributed by atoms with Crippen molar-refractivity contribution in [3.63, 3.8) is 0 Å². The minimum absolute atomic E-state index is 0.120. The molecule has 28 heavy (non-hydrogen) atoms. The first-order chi connectivity index (χ1) is 13.4. The Morgan fingerprint density at radius 1 is 1.18 bits per heavy atom. The number of carbonyl (C=O) groups is 5. The molecule has 0 radical (unpaired) electrons. The monoisotopic (exact) mass is 405 g/mol. The lowest BCUT2D eigenvalue weighted by Crippen LogP contribution is -2.49. The van der Waals surface area contributed by atoms with Gasteiger partial charge in [-0.25, -0.2) is 9.59 Å². The molecule has 5 amide bonds. The molecule has 2 atom stereocenters. The van der Waals surface area contributed by atoms with E-state index >= 15 is 0 Å². The molecule has 2 heterocycles. The fraction of sp³-hybridized carbons (Fsp3) is 0.389. The molecular formula is C18H19N3O6S. The number of thioether (sulfide) groups is 1. The lowest BCUT2D eigenvalue weighted by Gasteiger charge is -2.26. The van der Waals surface area contributed by atoms with Gasteiger partial charge in [-0.05, 0) is 25.3 Å². The van der Waals surface area contributed by atoms with Crippen LogP contribution < -0.4 is 5.32 Å². The zero-order chi connectivity index (χ0) is 20.4. The van der Waals surface area contributed by atoms with Crippen LogP contribution >= 0.6 is 11.8 Å². The smallest absolute Gasteiger partial charge is 0.331 e. The van der Waals surface area contributed by atoms with Gasteiger partial charge in [-0.1, -0.05) is 12.1 Å². The quantitative estimate of drug-likeness (QED) is 0.541. The van der Waals surface area contributed by atoms with E-state index in [1.807, 2.05) is 0 Å². The van der Waals surface area contributed by atoms with Gasteiger partial charge in [0.2, 0.25) is 0 Å². The highest BCUT2D eigenvalue weighted by atomic mass is 32.2. The van der Waals surface area contributed by atoms with E-state index < -0.39 is 41.9 Å². The maximum absolute atomic E-state index is 12.7. The predicted octanol–water partition coefficient (Wildman–Crippen LogP) is 0.498. The normalized spacial score (nSPS) is 18.0. The highest BCUT2D eigenvalue weighted by Gasteiger charge is 2.44. The van der Waals surface area contributed by atoms with E-state index in [4.69, 9.17) is 4.74 Å². The first-order valence-electron chi connectivity index (χ1n) is 8.62. The molecule has 1 saturated heterocycles. The average molecular weight is 405 g/mol. The van der Waals surface area contributed by atoms with Crippen molar-refractivity contribution in [2.75, 3.05) is 25.1 Å². The Labute approximate surface area is 165 Å². The molecule has 0 aliphatic carbocycles. The van der Waals surface area contributed by atoms with Gasteiger partial charge in [-0.2, -0.15) is 11.8 Å². The standard InChI is InChI=1S/C18H19N3O6S/c1-10(14(22)20-8-7-19-18(20)26)27-17(25)13(9-28-2)21-15(23)11-5-3-4-6-12(11)16(21)24/h3-6,10,13H,7-9H2,1-2H3,(H,19,26)/t10-,13-/m1/s1. The van der Waals surface area contributed by atoms with Crippen LogP contribution in [0.25, 0.3) is 0 Å². The van der Waals surface area contributed by atoms with E-state index in [-0.39, 0.29) is 23.4 Å². The number of esters is 1. The van der Waals surface area contributed by atoms with Crippen LogP contribution in [0, 0.1) is 0 Å². The molecule has 0 saturated carbocycles. The van der Waals surface area contributed by atoms with Crippen molar-refractivity contribution in [2.45, 2.75) is 19.1 Å². The number of amides is 5. The second kappa shape index (κ2) is 8.01. The van der Waals surface area contributed by atoms with E-state index in [2.05, 4.69) is 5.32 Å². The Morgan fingerprint density at radius 3 is 2.29 bits per heavy atom. The third-order valence-electron chi connectivity index (χ3n) is 4.50. The Balaban J connectivity index is 1.76. The Hall–Kier alpha value is -2.88. The molecule has 10 heteroatoms. The number of hydrogen-bond acceptors (Lipinski definition) is 7. The fourth-order valence-corrected chi connectivity index (χ4v) is 3.70. The fourth-order valence-electron chi connectivity index (χ4n) is 3.10. The van der Waals surface area contributed by atoms with Crippen molar-refractivity contribution in [3.8, 4) is 0 Å². The predicted molar refractivity (Wildman–Crippen MR) is 99.8 cm³/mol.